The molecule has 1 aromatic rings. The summed E-state index contributed by atoms with van der Waals surface area (Å²) in [7, 11) is 0. The molecule has 0 bridgehead atoms. The number of rotatable bonds is 6. The van der Waals surface area contributed by atoms with E-state index in [1.54, 1.807) is 0 Å². The summed E-state index contributed by atoms with van der Waals surface area (Å²) < 4.78 is 5.87. The largest absolute Gasteiger partial charge is 0.494 e. The Balaban J connectivity index is 1.49. The molecule has 23 heavy (non-hydrogen) atoms. The van der Waals surface area contributed by atoms with E-state index in [0.717, 1.165) is 38.2 Å². The van der Waals surface area contributed by atoms with E-state index in [9.17, 15) is 5.26 Å². The number of hydrogen-bond acceptors (Lipinski definition) is 3. The van der Waals surface area contributed by atoms with Crippen molar-refractivity contribution >= 4 is 0 Å². The van der Waals surface area contributed by atoms with Gasteiger partial charge in [0, 0.05) is 6.54 Å². The minimum absolute atomic E-state index is 0.257. The van der Waals surface area contributed by atoms with Crippen molar-refractivity contribution in [1.29, 1.82) is 5.26 Å². The van der Waals surface area contributed by atoms with Crippen molar-refractivity contribution < 1.29 is 4.74 Å². The van der Waals surface area contributed by atoms with Crippen LogP contribution in [0.4, 0.5) is 0 Å². The van der Waals surface area contributed by atoms with Crippen molar-refractivity contribution in [2.75, 3.05) is 26.2 Å². The monoisotopic (exact) mass is 312 g/mol. The van der Waals surface area contributed by atoms with Gasteiger partial charge in [-0.1, -0.05) is 31.4 Å². The third-order valence-electron chi connectivity index (χ3n) is 5.41. The topological polar surface area (TPSA) is 36.3 Å². The Hall–Kier alpha value is -1.53. The maximum atomic E-state index is 9.66. The highest BCUT2D eigenvalue weighted by Gasteiger charge is 2.33. The summed E-state index contributed by atoms with van der Waals surface area (Å²) in [6.45, 7) is 4.44. The molecule has 0 unspecified atom stereocenters. The quantitative estimate of drug-likeness (QED) is 0.736. The Kier molecular flexibility index (Phi) is 5.56. The summed E-state index contributed by atoms with van der Waals surface area (Å²) in [5, 5.41) is 9.66. The van der Waals surface area contributed by atoms with Crippen LogP contribution in [0.5, 0.6) is 5.75 Å². The minimum atomic E-state index is -0.257. The summed E-state index contributed by atoms with van der Waals surface area (Å²) >= 11 is 0. The van der Waals surface area contributed by atoms with Crippen molar-refractivity contribution in [3.8, 4) is 11.8 Å². The third-order valence-corrected chi connectivity index (χ3v) is 5.41. The van der Waals surface area contributed by atoms with Gasteiger partial charge in [-0.25, -0.2) is 0 Å². The van der Waals surface area contributed by atoms with Crippen LogP contribution in [-0.4, -0.2) is 31.1 Å². The Morgan fingerprint density at radius 1 is 1.00 bits per heavy atom. The number of nitriles is 1. The van der Waals surface area contributed by atoms with E-state index in [1.807, 2.05) is 12.1 Å². The van der Waals surface area contributed by atoms with E-state index in [1.165, 1.54) is 50.8 Å². The molecule has 2 aliphatic rings. The first kappa shape index (κ1) is 16.3. The van der Waals surface area contributed by atoms with Crippen LogP contribution in [0.3, 0.4) is 0 Å². The van der Waals surface area contributed by atoms with Gasteiger partial charge in [0.25, 0.3) is 0 Å². The van der Waals surface area contributed by atoms with Crippen molar-refractivity contribution in [3.05, 3.63) is 29.8 Å². The average molecular weight is 312 g/mol. The zero-order valence-electron chi connectivity index (χ0n) is 14.1. The summed E-state index contributed by atoms with van der Waals surface area (Å²) in [6.07, 6.45) is 9.39. The second kappa shape index (κ2) is 7.84. The highest BCUT2D eigenvalue weighted by molar-refractivity contribution is 5.37. The predicted molar refractivity (Wildman–Crippen MR) is 92.6 cm³/mol. The molecule has 1 aliphatic heterocycles. The first-order valence-electron chi connectivity index (χ1n) is 9.19. The van der Waals surface area contributed by atoms with Gasteiger partial charge in [0.05, 0.1) is 18.1 Å². The molecule has 0 N–H and O–H groups in total. The molecular formula is C20H28N2O. The molecule has 3 heteroatoms. The van der Waals surface area contributed by atoms with Gasteiger partial charge in [-0.15, -0.1) is 0 Å². The molecule has 1 aliphatic carbocycles. The molecule has 3 rings (SSSR count). The molecule has 0 atom stereocenters. The lowest BCUT2D eigenvalue weighted by Gasteiger charge is -2.31. The molecule has 0 spiro atoms. The highest BCUT2D eigenvalue weighted by atomic mass is 16.5. The van der Waals surface area contributed by atoms with Crippen molar-refractivity contribution in [2.24, 2.45) is 0 Å². The van der Waals surface area contributed by atoms with Crippen molar-refractivity contribution in [1.82, 2.24) is 4.90 Å². The van der Waals surface area contributed by atoms with E-state index >= 15 is 0 Å². The molecule has 124 valence electrons. The van der Waals surface area contributed by atoms with Gasteiger partial charge >= 0.3 is 0 Å². The summed E-state index contributed by atoms with van der Waals surface area (Å²) in [4.78, 5) is 2.52. The van der Waals surface area contributed by atoms with Crippen LogP contribution in [0.15, 0.2) is 24.3 Å². The molecule has 0 amide bonds. The van der Waals surface area contributed by atoms with Gasteiger partial charge in [0.2, 0.25) is 0 Å². The van der Waals surface area contributed by atoms with E-state index in [-0.39, 0.29) is 5.41 Å². The molecule has 1 saturated heterocycles. The molecule has 0 radical (unpaired) electrons. The number of ether oxygens (including phenoxy) is 1. The zero-order valence-corrected chi connectivity index (χ0v) is 14.1. The fourth-order valence-corrected chi connectivity index (χ4v) is 3.97. The fraction of sp³-hybridized carbons (Fsp3) is 0.650. The Labute approximate surface area is 140 Å². The van der Waals surface area contributed by atoms with E-state index < -0.39 is 0 Å². The standard InChI is InChI=1S/C20H28N2O/c21-17-20(11-2-1-3-12-20)18-7-9-19(10-8-18)23-16-6-15-22-13-4-5-14-22/h7-10H,1-6,11-16H2. The number of benzene rings is 1. The molecule has 2 fully saturated rings. The van der Waals surface area contributed by atoms with Crippen molar-refractivity contribution in [3.63, 3.8) is 0 Å². The van der Waals surface area contributed by atoms with Crippen LogP contribution >= 0.6 is 0 Å². The van der Waals surface area contributed by atoms with E-state index in [2.05, 4.69) is 23.1 Å². The molecule has 3 nitrogen and oxygen atoms in total. The van der Waals surface area contributed by atoms with Gasteiger partial charge in [-0.2, -0.15) is 5.26 Å². The van der Waals surface area contributed by atoms with Crippen LogP contribution in [-0.2, 0) is 5.41 Å². The fourth-order valence-electron chi connectivity index (χ4n) is 3.97. The lowest BCUT2D eigenvalue weighted by molar-refractivity contribution is 0.263. The molecule has 1 saturated carbocycles. The molecule has 1 aromatic carbocycles. The summed E-state index contributed by atoms with van der Waals surface area (Å²) in [6, 6.07) is 10.9. The third kappa shape index (κ3) is 4.06. The lowest BCUT2D eigenvalue weighted by atomic mass is 9.70. The second-order valence-electron chi connectivity index (χ2n) is 7.03. The van der Waals surface area contributed by atoms with Gasteiger partial charge in [0.15, 0.2) is 0 Å². The lowest BCUT2D eigenvalue weighted by Crippen LogP contribution is -2.26. The van der Waals surface area contributed by atoms with Crippen LogP contribution < -0.4 is 4.74 Å². The van der Waals surface area contributed by atoms with Crippen LogP contribution in [0.25, 0.3) is 0 Å². The van der Waals surface area contributed by atoms with Gasteiger partial charge in [-0.05, 0) is 62.9 Å². The van der Waals surface area contributed by atoms with Crippen LogP contribution in [0, 0.1) is 11.3 Å². The van der Waals surface area contributed by atoms with Crippen molar-refractivity contribution in [2.45, 2.75) is 56.8 Å². The summed E-state index contributed by atoms with van der Waals surface area (Å²) in [5.74, 6) is 0.930. The van der Waals surface area contributed by atoms with Gasteiger partial charge in [0.1, 0.15) is 5.75 Å². The Morgan fingerprint density at radius 2 is 1.70 bits per heavy atom. The number of hydrogen-bond donors (Lipinski definition) is 0. The average Bonchev–Trinajstić information content (AvgIpc) is 3.13. The molecule has 1 heterocycles. The van der Waals surface area contributed by atoms with Crippen LogP contribution in [0.1, 0.15) is 56.9 Å². The zero-order chi connectivity index (χ0) is 16.0. The molecule has 0 aromatic heterocycles. The SMILES string of the molecule is N#CC1(c2ccc(OCCCN3CCCC3)cc2)CCCCC1. The first-order chi connectivity index (χ1) is 11.3. The summed E-state index contributed by atoms with van der Waals surface area (Å²) in [5.41, 5.74) is 0.913. The second-order valence-corrected chi connectivity index (χ2v) is 7.03. The number of nitrogens with zero attached hydrogens (tertiary/aromatic N) is 2. The predicted octanol–water partition coefficient (Wildman–Crippen LogP) is 4.28. The smallest absolute Gasteiger partial charge is 0.119 e. The van der Waals surface area contributed by atoms with E-state index in [0.29, 0.717) is 0 Å². The maximum Gasteiger partial charge on any atom is 0.119 e. The molecular weight excluding hydrogens is 284 g/mol. The van der Waals surface area contributed by atoms with E-state index in [4.69, 9.17) is 4.74 Å². The maximum absolute atomic E-state index is 9.66. The number of likely N-dealkylation sites (tertiary alicyclic amines) is 1. The first-order valence-corrected chi connectivity index (χ1v) is 9.19. The van der Waals surface area contributed by atoms with Gasteiger partial charge in [-0.3, -0.25) is 0 Å². The normalized spacial score (nSPS) is 21.0. The minimum Gasteiger partial charge on any atom is -0.494 e. The highest BCUT2D eigenvalue weighted by Crippen LogP contribution is 2.39. The van der Waals surface area contributed by atoms with Gasteiger partial charge < -0.3 is 9.64 Å². The Morgan fingerprint density at radius 3 is 2.35 bits per heavy atom. The van der Waals surface area contributed by atoms with Crippen LogP contribution in [0.2, 0.25) is 0 Å². The Bertz CT molecular complexity index is 520.